The summed E-state index contributed by atoms with van der Waals surface area (Å²) in [6.45, 7) is 3.39. The Labute approximate surface area is 130 Å². The second-order valence-corrected chi connectivity index (χ2v) is 5.62. The second kappa shape index (κ2) is 6.57. The van der Waals surface area contributed by atoms with E-state index < -0.39 is 5.60 Å². The smallest absolute Gasteiger partial charge is 0.127 e. The highest BCUT2D eigenvalue weighted by atomic mass is 19.1. The van der Waals surface area contributed by atoms with E-state index in [9.17, 15) is 9.50 Å². The number of benzene rings is 2. The van der Waals surface area contributed by atoms with Gasteiger partial charge in [-0.25, -0.2) is 4.39 Å². The van der Waals surface area contributed by atoms with Gasteiger partial charge in [0.15, 0.2) is 0 Å². The van der Waals surface area contributed by atoms with E-state index >= 15 is 0 Å². The van der Waals surface area contributed by atoms with Crippen molar-refractivity contribution in [2.24, 2.45) is 0 Å². The molecule has 22 heavy (non-hydrogen) atoms. The number of ether oxygens (including phenoxy) is 1. The zero-order chi connectivity index (χ0) is 15.4. The summed E-state index contributed by atoms with van der Waals surface area (Å²) >= 11 is 0. The van der Waals surface area contributed by atoms with Crippen molar-refractivity contribution in [3.05, 3.63) is 71.5 Å². The molecule has 3 rings (SSSR count). The van der Waals surface area contributed by atoms with Crippen molar-refractivity contribution in [1.29, 1.82) is 0 Å². The lowest BCUT2D eigenvalue weighted by Crippen LogP contribution is -2.46. The van der Waals surface area contributed by atoms with Crippen LogP contribution in [0.3, 0.4) is 0 Å². The molecule has 1 aliphatic heterocycles. The third-order valence-corrected chi connectivity index (χ3v) is 4.13. The van der Waals surface area contributed by atoms with Crippen LogP contribution in [0.15, 0.2) is 54.6 Å². The van der Waals surface area contributed by atoms with Gasteiger partial charge in [-0.2, -0.15) is 0 Å². The van der Waals surface area contributed by atoms with E-state index in [2.05, 4.69) is 4.90 Å². The summed E-state index contributed by atoms with van der Waals surface area (Å²) in [5, 5.41) is 11.4. The molecule has 1 atom stereocenters. The van der Waals surface area contributed by atoms with Crippen LogP contribution in [0.25, 0.3) is 0 Å². The van der Waals surface area contributed by atoms with E-state index in [1.165, 1.54) is 12.1 Å². The van der Waals surface area contributed by atoms with Crippen LogP contribution >= 0.6 is 0 Å². The molecule has 1 N–H and O–H groups in total. The van der Waals surface area contributed by atoms with Crippen LogP contribution in [-0.4, -0.2) is 42.9 Å². The molecule has 3 nitrogen and oxygen atoms in total. The van der Waals surface area contributed by atoms with Gasteiger partial charge in [-0.3, -0.25) is 4.90 Å². The van der Waals surface area contributed by atoms with Gasteiger partial charge in [0.25, 0.3) is 0 Å². The van der Waals surface area contributed by atoms with E-state index in [4.69, 9.17) is 4.74 Å². The van der Waals surface area contributed by atoms with Gasteiger partial charge in [-0.05, 0) is 23.3 Å². The first-order valence-electron chi connectivity index (χ1n) is 7.52. The third-order valence-electron chi connectivity index (χ3n) is 4.13. The quantitative estimate of drug-likeness (QED) is 0.941. The first-order chi connectivity index (χ1) is 10.7. The highest BCUT2D eigenvalue weighted by molar-refractivity contribution is 5.36. The van der Waals surface area contributed by atoms with Gasteiger partial charge in [-0.15, -0.1) is 0 Å². The normalized spacial score (nSPS) is 18.8. The number of halogens is 1. The Morgan fingerprint density at radius 1 is 0.955 bits per heavy atom. The Hall–Kier alpha value is -1.75. The highest BCUT2D eigenvalue weighted by Crippen LogP contribution is 2.31. The number of hydrogen-bond acceptors (Lipinski definition) is 3. The average Bonchev–Trinajstić information content (AvgIpc) is 2.57. The molecule has 1 heterocycles. The molecule has 2 aromatic rings. The number of hydrogen-bond donors (Lipinski definition) is 1. The van der Waals surface area contributed by atoms with E-state index in [1.807, 2.05) is 30.3 Å². The fraction of sp³-hybridized carbons (Fsp3) is 0.333. The maximum Gasteiger partial charge on any atom is 0.127 e. The first-order valence-corrected chi connectivity index (χ1v) is 7.52. The van der Waals surface area contributed by atoms with Crippen molar-refractivity contribution < 1.29 is 14.2 Å². The van der Waals surface area contributed by atoms with E-state index in [1.54, 1.807) is 12.1 Å². The van der Waals surface area contributed by atoms with Crippen molar-refractivity contribution in [2.45, 2.75) is 5.60 Å². The SMILES string of the molecule is O[C@](CN1CCOCC1)(c1ccccc1)c1ccc(F)cc1. The zero-order valence-corrected chi connectivity index (χ0v) is 12.4. The van der Waals surface area contributed by atoms with Gasteiger partial charge >= 0.3 is 0 Å². The highest BCUT2D eigenvalue weighted by Gasteiger charge is 2.34. The van der Waals surface area contributed by atoms with Gasteiger partial charge in [0.05, 0.1) is 13.2 Å². The molecule has 0 aromatic heterocycles. The minimum atomic E-state index is -1.16. The van der Waals surface area contributed by atoms with Gasteiger partial charge in [0.1, 0.15) is 11.4 Å². The maximum atomic E-state index is 13.2. The molecule has 0 saturated carbocycles. The Kier molecular flexibility index (Phi) is 4.52. The molecule has 0 radical (unpaired) electrons. The van der Waals surface area contributed by atoms with Crippen molar-refractivity contribution in [3.8, 4) is 0 Å². The van der Waals surface area contributed by atoms with Crippen LogP contribution in [0.4, 0.5) is 4.39 Å². The van der Waals surface area contributed by atoms with Crippen LogP contribution in [0.1, 0.15) is 11.1 Å². The number of rotatable bonds is 4. The summed E-state index contributed by atoms with van der Waals surface area (Å²) < 4.78 is 18.6. The number of nitrogens with zero attached hydrogens (tertiary/aromatic N) is 1. The summed E-state index contributed by atoms with van der Waals surface area (Å²) in [5.74, 6) is -0.300. The number of aliphatic hydroxyl groups is 1. The molecule has 4 heteroatoms. The number of morpholine rings is 1. The van der Waals surface area contributed by atoms with E-state index in [0.29, 0.717) is 25.3 Å². The molecular formula is C18H20FNO2. The maximum absolute atomic E-state index is 13.2. The number of β-amino-alcohol motifs (C(OH)–C–C–N with tert-alkyl or cyclic N) is 1. The fourth-order valence-electron chi connectivity index (χ4n) is 2.87. The molecule has 1 fully saturated rings. The molecule has 116 valence electrons. The molecule has 0 spiro atoms. The average molecular weight is 301 g/mol. The summed E-state index contributed by atoms with van der Waals surface area (Å²) in [6.07, 6.45) is 0. The molecule has 0 bridgehead atoms. The summed E-state index contributed by atoms with van der Waals surface area (Å²) in [6, 6.07) is 15.6. The lowest BCUT2D eigenvalue weighted by molar-refractivity contribution is -0.0148. The van der Waals surface area contributed by atoms with Gasteiger partial charge in [0.2, 0.25) is 0 Å². The van der Waals surface area contributed by atoms with Gasteiger partial charge in [-0.1, -0.05) is 42.5 Å². The first kappa shape index (κ1) is 15.2. The molecule has 2 aromatic carbocycles. The van der Waals surface area contributed by atoms with Crippen LogP contribution in [-0.2, 0) is 10.3 Å². The largest absolute Gasteiger partial charge is 0.379 e. The Morgan fingerprint density at radius 3 is 2.18 bits per heavy atom. The van der Waals surface area contributed by atoms with Crippen LogP contribution in [0.2, 0.25) is 0 Å². The Bertz CT molecular complexity index is 596. The second-order valence-electron chi connectivity index (χ2n) is 5.62. The van der Waals surface area contributed by atoms with Crippen LogP contribution in [0.5, 0.6) is 0 Å². The predicted molar refractivity (Wildman–Crippen MR) is 83.1 cm³/mol. The Balaban J connectivity index is 1.95. The van der Waals surface area contributed by atoms with Crippen molar-refractivity contribution in [1.82, 2.24) is 4.90 Å². The molecule has 0 aliphatic carbocycles. The van der Waals surface area contributed by atoms with Crippen molar-refractivity contribution in [3.63, 3.8) is 0 Å². The van der Waals surface area contributed by atoms with Crippen LogP contribution < -0.4 is 0 Å². The summed E-state index contributed by atoms with van der Waals surface area (Å²) in [5.41, 5.74) is 0.353. The van der Waals surface area contributed by atoms with E-state index in [-0.39, 0.29) is 5.82 Å². The van der Waals surface area contributed by atoms with Crippen molar-refractivity contribution >= 4 is 0 Å². The molecular weight excluding hydrogens is 281 g/mol. The predicted octanol–water partition coefficient (Wildman–Crippen LogP) is 2.39. The molecule has 1 aliphatic rings. The minimum Gasteiger partial charge on any atom is -0.379 e. The lowest BCUT2D eigenvalue weighted by Gasteiger charge is -2.37. The summed E-state index contributed by atoms with van der Waals surface area (Å²) in [4.78, 5) is 2.18. The summed E-state index contributed by atoms with van der Waals surface area (Å²) in [7, 11) is 0. The fourth-order valence-corrected chi connectivity index (χ4v) is 2.87. The van der Waals surface area contributed by atoms with Gasteiger partial charge < -0.3 is 9.84 Å². The third kappa shape index (κ3) is 3.19. The van der Waals surface area contributed by atoms with Crippen LogP contribution in [0, 0.1) is 5.82 Å². The van der Waals surface area contributed by atoms with Gasteiger partial charge in [0, 0.05) is 19.6 Å². The minimum absolute atomic E-state index is 0.300. The Morgan fingerprint density at radius 2 is 1.55 bits per heavy atom. The lowest BCUT2D eigenvalue weighted by atomic mass is 9.85. The zero-order valence-electron chi connectivity index (χ0n) is 12.4. The molecule has 0 amide bonds. The standard InChI is InChI=1S/C18H20FNO2/c19-17-8-6-16(7-9-17)18(21,15-4-2-1-3-5-15)14-20-10-12-22-13-11-20/h1-9,21H,10-14H2/t18-/m1/s1. The topological polar surface area (TPSA) is 32.7 Å². The molecule has 0 unspecified atom stereocenters. The van der Waals surface area contributed by atoms with E-state index in [0.717, 1.165) is 18.7 Å². The van der Waals surface area contributed by atoms with Crippen molar-refractivity contribution in [2.75, 3.05) is 32.8 Å². The monoisotopic (exact) mass is 301 g/mol. The molecule has 1 saturated heterocycles.